The van der Waals surface area contributed by atoms with Crippen molar-refractivity contribution in [1.82, 2.24) is 0 Å². The van der Waals surface area contributed by atoms with Gasteiger partial charge in [0.15, 0.2) is 5.69 Å². The fraction of sp³-hybridized carbons (Fsp3) is 0.429. The molecular weight excluding hydrogens is 285 g/mol. The second-order valence-corrected chi connectivity index (χ2v) is 4.42. The number of hydrogen-bond donors (Lipinski definition) is 2. The fourth-order valence-electron chi connectivity index (χ4n) is 1.36. The highest BCUT2D eigenvalue weighted by Gasteiger charge is 2.34. The van der Waals surface area contributed by atoms with E-state index in [0.29, 0.717) is 6.07 Å². The summed E-state index contributed by atoms with van der Waals surface area (Å²) in [5.41, 5.74) is -3.46. The third kappa shape index (κ3) is 4.46. The Bertz CT molecular complexity index is 560. The second-order valence-electron chi connectivity index (χ2n) is 4.42. The van der Waals surface area contributed by atoms with Crippen molar-refractivity contribution in [2.45, 2.75) is 39.5 Å². The Morgan fingerprint density at radius 1 is 1.43 bits per heavy atom. The number of halogens is 3. The Hall–Kier alpha value is -2.07. The average molecular weight is 302 g/mol. The maximum Gasteiger partial charge on any atom is 0.407 e. The number of hydrogen-bond acceptors (Lipinski definition) is 2. The van der Waals surface area contributed by atoms with Gasteiger partial charge < -0.3 is 10.4 Å². The second kappa shape index (κ2) is 6.59. The molecule has 0 aliphatic carbocycles. The molecule has 1 amide bonds. The molecule has 7 heteroatoms. The maximum absolute atomic E-state index is 12.7. The highest BCUT2D eigenvalue weighted by molar-refractivity contribution is 5.97. The maximum atomic E-state index is 12.7. The van der Waals surface area contributed by atoms with E-state index in [-0.39, 0.29) is 19.5 Å². The molecule has 1 aromatic rings. The van der Waals surface area contributed by atoms with Crippen molar-refractivity contribution in [3.63, 3.8) is 0 Å². The molecule has 0 radical (unpaired) electrons. The lowest BCUT2D eigenvalue weighted by molar-refractivity contribution is -0.137. The molecule has 1 aromatic carbocycles. The largest absolute Gasteiger partial charge is 0.407 e. The van der Waals surface area contributed by atoms with Gasteiger partial charge in [0.2, 0.25) is 0 Å². The van der Waals surface area contributed by atoms with Crippen LogP contribution in [0.15, 0.2) is 18.2 Å². The zero-order valence-corrected chi connectivity index (χ0v) is 10.9. The predicted octanol–water partition coefficient (Wildman–Crippen LogP) is 3.99. The summed E-state index contributed by atoms with van der Waals surface area (Å²) in [5, 5.41) is 11.9. The van der Waals surface area contributed by atoms with Gasteiger partial charge >= 0.3 is 6.18 Å². The molecule has 0 saturated heterocycles. The molecule has 0 unspecified atom stereocenters. The lowest BCUT2D eigenvalue weighted by Crippen LogP contribution is -2.39. The van der Waals surface area contributed by atoms with E-state index in [1.165, 1.54) is 13.0 Å². The Kier molecular flexibility index (Phi) is 5.94. The van der Waals surface area contributed by atoms with E-state index in [4.69, 9.17) is 6.57 Å². The molecule has 1 atom stereocenters. The normalized spacial score (nSPS) is 13.6. The lowest BCUT2D eigenvalue weighted by atomic mass is 10.0. The number of rotatable bonds is 3. The van der Waals surface area contributed by atoms with E-state index >= 15 is 0 Å². The third-order valence-electron chi connectivity index (χ3n) is 2.86. The number of amides is 1. The van der Waals surface area contributed by atoms with Gasteiger partial charge in [-0.15, -0.1) is 0 Å². The molecular formula is C14H17F3N2O2. The summed E-state index contributed by atoms with van der Waals surface area (Å²) in [6.45, 7) is 9.54. The Morgan fingerprint density at radius 3 is 2.43 bits per heavy atom. The van der Waals surface area contributed by atoms with Gasteiger partial charge in [0.25, 0.3) is 5.91 Å². The number of benzene rings is 1. The van der Waals surface area contributed by atoms with E-state index < -0.39 is 28.9 Å². The standard InChI is InChI=1S/C13H13F3N2O2.CH4/c1-4-12(2,20)11(19)18-8-5-6-10(17-3)9(7-8)13(14,15)16;/h5-7,20H,4H2,1-2H3,(H,18,19);1H4/t12-;/m1./s1. The number of alkyl halides is 3. The summed E-state index contributed by atoms with van der Waals surface area (Å²) >= 11 is 0. The summed E-state index contributed by atoms with van der Waals surface area (Å²) < 4.78 is 38.2. The van der Waals surface area contributed by atoms with Crippen LogP contribution in [-0.4, -0.2) is 16.6 Å². The number of aliphatic hydroxyl groups is 1. The minimum atomic E-state index is -4.69. The molecule has 1 rings (SSSR count). The molecule has 21 heavy (non-hydrogen) atoms. The van der Waals surface area contributed by atoms with Gasteiger partial charge in [0.05, 0.1) is 12.1 Å². The van der Waals surface area contributed by atoms with Crippen LogP contribution < -0.4 is 5.32 Å². The van der Waals surface area contributed by atoms with Crippen molar-refractivity contribution < 1.29 is 23.1 Å². The highest BCUT2D eigenvalue weighted by atomic mass is 19.4. The molecule has 0 aromatic heterocycles. The summed E-state index contributed by atoms with van der Waals surface area (Å²) in [6.07, 6.45) is -4.57. The number of carbonyl (C=O) groups excluding carboxylic acids is 1. The van der Waals surface area contributed by atoms with E-state index in [2.05, 4.69) is 10.2 Å². The smallest absolute Gasteiger partial charge is 0.380 e. The summed E-state index contributed by atoms with van der Waals surface area (Å²) in [4.78, 5) is 14.5. The first-order valence-electron chi connectivity index (χ1n) is 5.74. The van der Waals surface area contributed by atoms with Crippen molar-refractivity contribution >= 4 is 17.3 Å². The van der Waals surface area contributed by atoms with Gasteiger partial charge in [-0.1, -0.05) is 20.4 Å². The average Bonchev–Trinajstić information content (AvgIpc) is 2.37. The molecule has 0 aliphatic heterocycles. The van der Waals surface area contributed by atoms with Gasteiger partial charge in [0, 0.05) is 5.69 Å². The van der Waals surface area contributed by atoms with Gasteiger partial charge in [-0.3, -0.25) is 4.79 Å². The Balaban J connectivity index is 0.00000400. The number of nitrogens with one attached hydrogen (secondary N) is 1. The molecule has 0 saturated carbocycles. The van der Waals surface area contributed by atoms with Crippen molar-refractivity contribution in [2.75, 3.05) is 5.32 Å². The Morgan fingerprint density at radius 2 is 2.00 bits per heavy atom. The lowest BCUT2D eigenvalue weighted by Gasteiger charge is -2.20. The fourth-order valence-corrected chi connectivity index (χ4v) is 1.36. The number of carbonyl (C=O) groups is 1. The Labute approximate surface area is 121 Å². The van der Waals surface area contributed by atoms with Gasteiger partial charge in [-0.05, 0) is 25.5 Å². The van der Waals surface area contributed by atoms with Crippen LogP contribution in [0.1, 0.15) is 33.3 Å². The molecule has 2 N–H and O–H groups in total. The van der Waals surface area contributed by atoms with Crippen molar-refractivity contribution in [1.29, 1.82) is 0 Å². The summed E-state index contributed by atoms with van der Waals surface area (Å²) in [7, 11) is 0. The molecule has 116 valence electrons. The number of anilines is 1. The van der Waals surface area contributed by atoms with E-state index in [1.54, 1.807) is 6.92 Å². The predicted molar refractivity (Wildman–Crippen MR) is 74.0 cm³/mol. The first-order valence-corrected chi connectivity index (χ1v) is 5.74. The molecule has 0 fully saturated rings. The SMILES string of the molecule is C.[C-]#[N+]c1ccc(NC(=O)[C@](C)(O)CC)cc1C(F)(F)F. The molecule has 0 spiro atoms. The van der Waals surface area contributed by atoms with Gasteiger partial charge in [-0.25, -0.2) is 4.85 Å². The first-order chi connectivity index (χ1) is 9.11. The van der Waals surface area contributed by atoms with Crippen LogP contribution in [0.4, 0.5) is 24.5 Å². The van der Waals surface area contributed by atoms with Crippen LogP contribution in [0.2, 0.25) is 0 Å². The topological polar surface area (TPSA) is 53.7 Å². The van der Waals surface area contributed by atoms with Crippen LogP contribution >= 0.6 is 0 Å². The zero-order valence-electron chi connectivity index (χ0n) is 10.9. The van der Waals surface area contributed by atoms with E-state index in [9.17, 15) is 23.1 Å². The van der Waals surface area contributed by atoms with Crippen molar-refractivity contribution in [2.24, 2.45) is 0 Å². The van der Waals surface area contributed by atoms with Gasteiger partial charge in [0.1, 0.15) is 5.60 Å². The van der Waals surface area contributed by atoms with Crippen LogP contribution in [0.25, 0.3) is 4.85 Å². The number of nitrogens with zero attached hydrogens (tertiary/aromatic N) is 1. The van der Waals surface area contributed by atoms with Crippen LogP contribution in [0, 0.1) is 6.57 Å². The van der Waals surface area contributed by atoms with E-state index in [1.807, 2.05) is 0 Å². The van der Waals surface area contributed by atoms with Gasteiger partial charge in [-0.2, -0.15) is 13.2 Å². The molecule has 4 nitrogen and oxygen atoms in total. The highest BCUT2D eigenvalue weighted by Crippen LogP contribution is 2.38. The van der Waals surface area contributed by atoms with Crippen molar-refractivity contribution in [3.8, 4) is 0 Å². The van der Waals surface area contributed by atoms with Crippen molar-refractivity contribution in [3.05, 3.63) is 35.2 Å². The van der Waals surface area contributed by atoms with Crippen LogP contribution in [0.3, 0.4) is 0 Å². The van der Waals surface area contributed by atoms with Crippen LogP contribution in [0.5, 0.6) is 0 Å². The molecule has 0 bridgehead atoms. The minimum Gasteiger partial charge on any atom is -0.380 e. The van der Waals surface area contributed by atoms with Crippen LogP contribution in [-0.2, 0) is 11.0 Å². The third-order valence-corrected chi connectivity index (χ3v) is 2.86. The summed E-state index contributed by atoms with van der Waals surface area (Å²) in [6, 6.07) is 2.84. The summed E-state index contributed by atoms with van der Waals surface area (Å²) in [5.74, 6) is -0.802. The zero-order chi connectivity index (χ0) is 15.6. The van der Waals surface area contributed by atoms with E-state index in [0.717, 1.165) is 6.07 Å². The first kappa shape index (κ1) is 18.9. The quantitative estimate of drug-likeness (QED) is 0.829. The molecule has 0 aliphatic rings. The molecule has 0 heterocycles. The monoisotopic (exact) mass is 302 g/mol. The minimum absolute atomic E-state index is 0.